The van der Waals surface area contributed by atoms with Gasteiger partial charge in [-0.05, 0) is 67.9 Å². The molecule has 6 heteroatoms. The molecule has 5 rings (SSSR count). The Kier molecular flexibility index (Phi) is 5.66. The third-order valence-electron chi connectivity index (χ3n) is 6.03. The predicted octanol–water partition coefficient (Wildman–Crippen LogP) is 4.92. The number of nitrogens with zero attached hydrogens (tertiary/aromatic N) is 3. The van der Waals surface area contributed by atoms with Crippen molar-refractivity contribution in [3.05, 3.63) is 70.4 Å². The van der Waals surface area contributed by atoms with E-state index in [0.717, 1.165) is 41.3 Å². The van der Waals surface area contributed by atoms with E-state index < -0.39 is 0 Å². The number of pyridine rings is 1. The molecule has 0 aliphatic heterocycles. The first kappa shape index (κ1) is 20.1. The number of aromatic nitrogens is 3. The van der Waals surface area contributed by atoms with Gasteiger partial charge < -0.3 is 11.1 Å². The lowest BCUT2D eigenvalue weighted by molar-refractivity contribution is 0.694. The zero-order chi connectivity index (χ0) is 21.2. The van der Waals surface area contributed by atoms with Crippen molar-refractivity contribution in [3.63, 3.8) is 0 Å². The molecule has 1 atom stereocenters. The van der Waals surface area contributed by atoms with E-state index in [4.69, 9.17) is 15.7 Å². The van der Waals surface area contributed by atoms with Crippen LogP contribution in [0.15, 0.2) is 48.8 Å². The number of rotatable bonds is 6. The highest BCUT2D eigenvalue weighted by atomic mass is 32.1. The van der Waals surface area contributed by atoms with E-state index >= 15 is 0 Å². The molecule has 158 valence electrons. The molecule has 0 fully saturated rings. The minimum Gasteiger partial charge on any atom is -0.368 e. The van der Waals surface area contributed by atoms with Gasteiger partial charge in [0.25, 0.3) is 0 Å². The Morgan fingerprint density at radius 1 is 1.06 bits per heavy atom. The first-order valence-corrected chi connectivity index (χ1v) is 11.8. The molecule has 0 spiro atoms. The summed E-state index contributed by atoms with van der Waals surface area (Å²) in [5.41, 5.74) is 11.5. The summed E-state index contributed by atoms with van der Waals surface area (Å²) in [6.07, 6.45) is 9.16. The van der Waals surface area contributed by atoms with Gasteiger partial charge in [-0.3, -0.25) is 4.98 Å². The summed E-state index contributed by atoms with van der Waals surface area (Å²) in [7, 11) is 0. The first-order chi connectivity index (χ1) is 15.2. The molecule has 3 aromatic heterocycles. The molecule has 31 heavy (non-hydrogen) atoms. The molecule has 1 aromatic carbocycles. The zero-order valence-corrected chi connectivity index (χ0v) is 18.6. The van der Waals surface area contributed by atoms with E-state index in [-0.39, 0.29) is 6.04 Å². The number of aryl methyl sites for hydroxylation is 3. The van der Waals surface area contributed by atoms with Crippen LogP contribution in [-0.2, 0) is 19.3 Å². The minimum atomic E-state index is 0.00459. The summed E-state index contributed by atoms with van der Waals surface area (Å²) in [5, 5.41) is 4.78. The molecule has 4 aromatic rings. The summed E-state index contributed by atoms with van der Waals surface area (Å²) in [5.74, 6) is 1.65. The van der Waals surface area contributed by atoms with Crippen molar-refractivity contribution in [2.24, 2.45) is 5.73 Å². The highest BCUT2D eigenvalue weighted by molar-refractivity contribution is 7.19. The van der Waals surface area contributed by atoms with Crippen LogP contribution in [0.25, 0.3) is 21.6 Å². The maximum absolute atomic E-state index is 6.52. The average Bonchev–Trinajstić information content (AvgIpc) is 3.18. The molecule has 0 radical (unpaired) electrons. The van der Waals surface area contributed by atoms with E-state index in [0.29, 0.717) is 6.54 Å². The molecule has 0 saturated carbocycles. The van der Waals surface area contributed by atoms with Crippen LogP contribution in [0, 0.1) is 6.92 Å². The van der Waals surface area contributed by atoms with Crippen LogP contribution >= 0.6 is 11.3 Å². The van der Waals surface area contributed by atoms with Crippen molar-refractivity contribution in [3.8, 4) is 11.4 Å². The lowest BCUT2D eigenvalue weighted by Crippen LogP contribution is -2.31. The maximum atomic E-state index is 6.52. The number of nitrogens with one attached hydrogen (secondary N) is 1. The second-order valence-electron chi connectivity index (χ2n) is 8.29. The molecule has 1 aliphatic rings. The number of hydrogen-bond donors (Lipinski definition) is 2. The van der Waals surface area contributed by atoms with Gasteiger partial charge in [0.05, 0.1) is 5.39 Å². The number of benzene rings is 1. The fraction of sp³-hybridized carbons (Fsp3) is 0.320. The fourth-order valence-corrected chi connectivity index (χ4v) is 5.60. The van der Waals surface area contributed by atoms with E-state index in [1.807, 2.05) is 23.5 Å². The monoisotopic (exact) mass is 429 g/mol. The van der Waals surface area contributed by atoms with Crippen molar-refractivity contribution < 1.29 is 0 Å². The highest BCUT2D eigenvalue weighted by Crippen LogP contribution is 2.39. The lowest BCUT2D eigenvalue weighted by Gasteiger charge is -2.17. The van der Waals surface area contributed by atoms with Gasteiger partial charge in [-0.25, -0.2) is 9.97 Å². The molecule has 3 heterocycles. The number of thiophene rings is 1. The van der Waals surface area contributed by atoms with Crippen molar-refractivity contribution in [1.82, 2.24) is 15.0 Å². The van der Waals surface area contributed by atoms with Crippen LogP contribution < -0.4 is 11.1 Å². The molecular weight excluding hydrogens is 402 g/mol. The minimum absolute atomic E-state index is 0.00459. The molecule has 0 saturated heterocycles. The Hall–Kier alpha value is -2.83. The third kappa shape index (κ3) is 4.18. The Morgan fingerprint density at radius 2 is 1.87 bits per heavy atom. The lowest BCUT2D eigenvalue weighted by atomic mass is 9.97. The summed E-state index contributed by atoms with van der Waals surface area (Å²) < 4.78 is 0. The van der Waals surface area contributed by atoms with Crippen LogP contribution in [0.5, 0.6) is 0 Å². The zero-order valence-electron chi connectivity index (χ0n) is 17.8. The molecule has 5 nitrogen and oxygen atoms in total. The molecular formula is C25H27N5S. The van der Waals surface area contributed by atoms with Crippen LogP contribution in [-0.4, -0.2) is 27.5 Å². The number of anilines is 1. The van der Waals surface area contributed by atoms with Gasteiger partial charge in [-0.15, -0.1) is 11.3 Å². The van der Waals surface area contributed by atoms with Gasteiger partial charge in [0.15, 0.2) is 5.82 Å². The van der Waals surface area contributed by atoms with Gasteiger partial charge in [0, 0.05) is 35.4 Å². The molecule has 0 unspecified atom stereocenters. The molecule has 0 bridgehead atoms. The fourth-order valence-electron chi connectivity index (χ4n) is 4.34. The standard InChI is InChI=1S/C25H27N5S/c1-16-6-2-3-7-18(16)14-19(26)15-28-24-22-20-8-4-5-9-21(20)31-25(22)30-23(29-24)17-10-12-27-13-11-17/h2-3,6-7,10-13,19H,4-5,8-9,14-15,26H2,1H3,(H,28,29,30)/t19-/m0/s1. The number of nitrogens with two attached hydrogens (primary N) is 1. The Balaban J connectivity index is 1.47. The second kappa shape index (κ2) is 8.73. The van der Waals surface area contributed by atoms with Gasteiger partial charge in [0.1, 0.15) is 10.6 Å². The summed E-state index contributed by atoms with van der Waals surface area (Å²) in [4.78, 5) is 16.5. The normalized spacial score (nSPS) is 14.4. The van der Waals surface area contributed by atoms with Crippen molar-refractivity contribution in [2.75, 3.05) is 11.9 Å². The van der Waals surface area contributed by atoms with Crippen LogP contribution in [0.4, 0.5) is 5.82 Å². The van der Waals surface area contributed by atoms with Crippen LogP contribution in [0.2, 0.25) is 0 Å². The second-order valence-corrected chi connectivity index (χ2v) is 9.38. The highest BCUT2D eigenvalue weighted by Gasteiger charge is 2.22. The maximum Gasteiger partial charge on any atom is 0.163 e. The quantitative estimate of drug-likeness (QED) is 0.455. The van der Waals surface area contributed by atoms with E-state index in [1.165, 1.54) is 39.8 Å². The van der Waals surface area contributed by atoms with Gasteiger partial charge >= 0.3 is 0 Å². The van der Waals surface area contributed by atoms with Gasteiger partial charge in [-0.1, -0.05) is 24.3 Å². The van der Waals surface area contributed by atoms with E-state index in [9.17, 15) is 0 Å². The third-order valence-corrected chi connectivity index (χ3v) is 7.21. The first-order valence-electron chi connectivity index (χ1n) is 11.0. The smallest absolute Gasteiger partial charge is 0.163 e. The van der Waals surface area contributed by atoms with Crippen LogP contribution in [0.3, 0.4) is 0 Å². The molecule has 3 N–H and O–H groups in total. The largest absolute Gasteiger partial charge is 0.368 e. The van der Waals surface area contributed by atoms with E-state index in [1.54, 1.807) is 12.4 Å². The Labute approximate surface area is 186 Å². The average molecular weight is 430 g/mol. The Bertz CT molecular complexity index is 1200. The summed E-state index contributed by atoms with van der Waals surface area (Å²) in [6, 6.07) is 12.4. The Morgan fingerprint density at radius 3 is 2.71 bits per heavy atom. The van der Waals surface area contributed by atoms with Crippen molar-refractivity contribution in [1.29, 1.82) is 0 Å². The SMILES string of the molecule is Cc1ccccc1C[C@H](N)CNc1nc(-c2ccncc2)nc2sc3c(c12)CCCC3. The predicted molar refractivity (Wildman–Crippen MR) is 129 cm³/mol. The molecule has 0 amide bonds. The van der Waals surface area contributed by atoms with Gasteiger partial charge in [0.2, 0.25) is 0 Å². The van der Waals surface area contributed by atoms with Crippen molar-refractivity contribution >= 4 is 27.4 Å². The number of fused-ring (bicyclic) bond motifs is 3. The molecule has 1 aliphatic carbocycles. The summed E-state index contributed by atoms with van der Waals surface area (Å²) in [6.45, 7) is 2.81. The van der Waals surface area contributed by atoms with Crippen LogP contribution in [0.1, 0.15) is 34.4 Å². The van der Waals surface area contributed by atoms with E-state index in [2.05, 4.69) is 41.5 Å². The van der Waals surface area contributed by atoms with Crippen molar-refractivity contribution in [2.45, 2.75) is 45.1 Å². The van der Waals surface area contributed by atoms with Gasteiger partial charge in [-0.2, -0.15) is 0 Å². The number of hydrogen-bond acceptors (Lipinski definition) is 6. The summed E-state index contributed by atoms with van der Waals surface area (Å²) >= 11 is 1.82. The topological polar surface area (TPSA) is 76.7 Å².